The zero-order valence-corrected chi connectivity index (χ0v) is 17.1. The molecule has 0 aliphatic carbocycles. The Hall–Kier alpha value is -3.24. The van der Waals surface area contributed by atoms with Crippen LogP contribution in [0.25, 0.3) is 0 Å². The Morgan fingerprint density at radius 1 is 0.939 bits per heavy atom. The number of oxime groups is 1. The molecule has 1 N–H and O–H groups in total. The van der Waals surface area contributed by atoms with Crippen LogP contribution in [0.15, 0.2) is 53.7 Å². The summed E-state index contributed by atoms with van der Waals surface area (Å²) in [7, 11) is 0. The second-order valence-electron chi connectivity index (χ2n) is 8.02. The number of anilines is 1. The highest BCUT2D eigenvalue weighted by Gasteiger charge is 2.43. The lowest BCUT2D eigenvalue weighted by Crippen LogP contribution is -2.48. The molecule has 2 heterocycles. The Morgan fingerprint density at radius 2 is 1.58 bits per heavy atom. The largest absolute Gasteiger partial charge is 0.418 e. The molecule has 2 aliphatic heterocycles. The third kappa shape index (κ3) is 4.91. The van der Waals surface area contributed by atoms with Crippen LogP contribution in [0.3, 0.4) is 0 Å². The van der Waals surface area contributed by atoms with Crippen molar-refractivity contribution in [1.29, 1.82) is 0 Å². The molecule has 2 aromatic rings. The zero-order chi connectivity index (χ0) is 23.9. The van der Waals surface area contributed by atoms with E-state index in [-0.39, 0.29) is 18.8 Å². The van der Waals surface area contributed by atoms with E-state index < -0.39 is 35.1 Å². The van der Waals surface area contributed by atoms with E-state index in [0.29, 0.717) is 30.5 Å². The van der Waals surface area contributed by atoms with Gasteiger partial charge < -0.3 is 15.1 Å². The molecule has 2 aliphatic rings. The summed E-state index contributed by atoms with van der Waals surface area (Å²) in [4.78, 5) is 19.6. The van der Waals surface area contributed by atoms with E-state index >= 15 is 0 Å². The van der Waals surface area contributed by atoms with E-state index in [2.05, 4.69) is 10.5 Å². The number of benzene rings is 2. The minimum atomic E-state index is -4.60. The van der Waals surface area contributed by atoms with Gasteiger partial charge in [-0.25, -0.2) is 4.79 Å². The molecule has 5 nitrogen and oxygen atoms in total. The fourth-order valence-corrected chi connectivity index (χ4v) is 3.95. The summed E-state index contributed by atoms with van der Waals surface area (Å²) in [5, 5.41) is 6.37. The van der Waals surface area contributed by atoms with Gasteiger partial charge in [-0.1, -0.05) is 29.4 Å². The second-order valence-corrected chi connectivity index (χ2v) is 8.02. The summed E-state index contributed by atoms with van der Waals surface area (Å²) in [6.45, 7) is 0.464. The summed E-state index contributed by atoms with van der Waals surface area (Å²) in [5.74, 6) is 0. The average molecular weight is 471 g/mol. The number of piperidine rings is 1. The smallest absolute Gasteiger partial charge is 0.388 e. The number of urea groups is 1. The molecule has 1 fully saturated rings. The van der Waals surface area contributed by atoms with Crippen LogP contribution in [0.4, 0.5) is 36.8 Å². The van der Waals surface area contributed by atoms with Crippen LogP contribution in [-0.4, -0.2) is 35.3 Å². The third-order valence-corrected chi connectivity index (χ3v) is 5.82. The monoisotopic (exact) mass is 471 g/mol. The minimum Gasteiger partial charge on any atom is -0.388 e. The molecule has 2 amide bonds. The predicted octanol–water partition coefficient (Wildman–Crippen LogP) is 5.92. The van der Waals surface area contributed by atoms with Gasteiger partial charge in [0.25, 0.3) is 0 Å². The van der Waals surface area contributed by atoms with Gasteiger partial charge in [0, 0.05) is 32.4 Å². The molecule has 2 aromatic carbocycles. The lowest BCUT2D eigenvalue weighted by molar-refractivity contribution is -0.138. The highest BCUT2D eigenvalue weighted by molar-refractivity contribution is 6.01. The van der Waals surface area contributed by atoms with Crippen molar-refractivity contribution in [2.45, 2.75) is 37.2 Å². The molecule has 33 heavy (non-hydrogen) atoms. The van der Waals surface area contributed by atoms with Crippen molar-refractivity contribution in [3.63, 3.8) is 0 Å². The quantitative estimate of drug-likeness (QED) is 0.554. The SMILES string of the molecule is O=C(Nc1ccccc1C(F)(F)F)N1CCC2(CC1)CC(c1ccc(C(F)(F)F)cc1)=NO2. The van der Waals surface area contributed by atoms with E-state index in [1.165, 1.54) is 35.2 Å². The first kappa shape index (κ1) is 22.9. The first-order valence-corrected chi connectivity index (χ1v) is 10.1. The molecule has 0 bridgehead atoms. The van der Waals surface area contributed by atoms with Crippen molar-refractivity contribution in [3.8, 4) is 0 Å². The molecule has 1 saturated heterocycles. The fraction of sp³-hybridized carbons (Fsp3) is 0.364. The summed E-state index contributed by atoms with van der Waals surface area (Å²) in [6.07, 6.45) is -7.89. The van der Waals surface area contributed by atoms with Crippen LogP contribution in [0.1, 0.15) is 36.0 Å². The number of rotatable bonds is 2. The summed E-state index contributed by atoms with van der Waals surface area (Å²) >= 11 is 0. The third-order valence-electron chi connectivity index (χ3n) is 5.82. The lowest BCUT2D eigenvalue weighted by Gasteiger charge is -2.37. The number of nitrogens with one attached hydrogen (secondary N) is 1. The molecule has 4 rings (SSSR count). The standard InChI is InChI=1S/C22H19F6N3O2/c23-21(24,25)15-7-5-14(6-8-15)18-13-20(33-30-18)9-11-31(12-10-20)19(32)29-17-4-2-1-3-16(17)22(26,27)28/h1-8H,9-13H2,(H,29,32). The van der Waals surface area contributed by atoms with Crippen molar-refractivity contribution in [1.82, 2.24) is 4.90 Å². The van der Waals surface area contributed by atoms with Gasteiger partial charge in [-0.3, -0.25) is 0 Å². The Labute approximate surface area is 185 Å². The fourth-order valence-electron chi connectivity index (χ4n) is 3.95. The average Bonchev–Trinajstić information content (AvgIpc) is 3.17. The van der Waals surface area contributed by atoms with Crippen LogP contribution in [0.5, 0.6) is 0 Å². The summed E-state index contributed by atoms with van der Waals surface area (Å²) in [6, 6.07) is 8.73. The summed E-state index contributed by atoms with van der Waals surface area (Å²) < 4.78 is 77.7. The molecular weight excluding hydrogens is 452 g/mol. The Kier molecular flexibility index (Phi) is 5.75. The number of carbonyl (C=O) groups excluding carboxylic acids is 1. The van der Waals surface area contributed by atoms with Gasteiger partial charge in [0.05, 0.1) is 22.5 Å². The maximum absolute atomic E-state index is 13.1. The van der Waals surface area contributed by atoms with Gasteiger partial charge in [0.2, 0.25) is 0 Å². The molecule has 1 spiro atoms. The molecule has 0 aromatic heterocycles. The van der Waals surface area contributed by atoms with Gasteiger partial charge in [0.15, 0.2) is 0 Å². The van der Waals surface area contributed by atoms with Crippen LogP contribution in [0, 0.1) is 0 Å². The van der Waals surface area contributed by atoms with Gasteiger partial charge >= 0.3 is 18.4 Å². The predicted molar refractivity (Wildman–Crippen MR) is 108 cm³/mol. The Bertz CT molecular complexity index is 1060. The molecule has 0 unspecified atom stereocenters. The van der Waals surface area contributed by atoms with Gasteiger partial charge in [-0.05, 0) is 29.8 Å². The minimum absolute atomic E-state index is 0.232. The van der Waals surface area contributed by atoms with Crippen LogP contribution in [-0.2, 0) is 17.2 Å². The second kappa shape index (κ2) is 8.27. The van der Waals surface area contributed by atoms with Crippen LogP contribution in [0.2, 0.25) is 0 Å². The molecule has 0 atom stereocenters. The first-order valence-electron chi connectivity index (χ1n) is 10.1. The number of hydrogen-bond donors (Lipinski definition) is 1. The Morgan fingerprint density at radius 3 is 2.18 bits per heavy atom. The number of alkyl halides is 6. The number of amides is 2. The highest BCUT2D eigenvalue weighted by atomic mass is 19.4. The highest BCUT2D eigenvalue weighted by Crippen LogP contribution is 2.38. The number of nitrogens with zero attached hydrogens (tertiary/aromatic N) is 2. The maximum atomic E-state index is 13.1. The zero-order valence-electron chi connectivity index (χ0n) is 17.1. The van der Waals surface area contributed by atoms with Crippen molar-refractivity contribution >= 4 is 17.4 Å². The van der Waals surface area contributed by atoms with E-state index in [1.54, 1.807) is 0 Å². The molecule has 0 radical (unpaired) electrons. The van der Waals surface area contributed by atoms with Crippen molar-refractivity contribution in [2.24, 2.45) is 5.16 Å². The molecule has 176 valence electrons. The van der Waals surface area contributed by atoms with Crippen LogP contribution < -0.4 is 5.32 Å². The van der Waals surface area contributed by atoms with Crippen molar-refractivity contribution < 1.29 is 36.0 Å². The molecular formula is C22H19F6N3O2. The van der Waals surface area contributed by atoms with Gasteiger partial charge in [-0.15, -0.1) is 0 Å². The molecule has 11 heteroatoms. The number of para-hydroxylation sites is 1. The topological polar surface area (TPSA) is 53.9 Å². The lowest BCUT2D eigenvalue weighted by atomic mass is 9.85. The van der Waals surface area contributed by atoms with Gasteiger partial charge in [-0.2, -0.15) is 26.3 Å². The normalized spacial score (nSPS) is 18.1. The van der Waals surface area contributed by atoms with E-state index in [1.807, 2.05) is 0 Å². The number of carbonyl (C=O) groups is 1. The van der Waals surface area contributed by atoms with Crippen LogP contribution >= 0.6 is 0 Å². The van der Waals surface area contributed by atoms with E-state index in [9.17, 15) is 31.1 Å². The summed E-state index contributed by atoms with van der Waals surface area (Å²) in [5.41, 5.74) is -1.67. The maximum Gasteiger partial charge on any atom is 0.418 e. The molecule has 0 saturated carbocycles. The van der Waals surface area contributed by atoms with E-state index in [0.717, 1.165) is 18.2 Å². The number of hydrogen-bond acceptors (Lipinski definition) is 3. The number of likely N-dealkylation sites (tertiary alicyclic amines) is 1. The van der Waals surface area contributed by atoms with Crippen molar-refractivity contribution in [3.05, 3.63) is 65.2 Å². The van der Waals surface area contributed by atoms with E-state index in [4.69, 9.17) is 4.84 Å². The van der Waals surface area contributed by atoms with Crippen molar-refractivity contribution in [2.75, 3.05) is 18.4 Å². The van der Waals surface area contributed by atoms with Gasteiger partial charge in [0.1, 0.15) is 5.60 Å². The first-order chi connectivity index (χ1) is 15.5. The Balaban J connectivity index is 1.36. The number of halogens is 6.